The number of aliphatic carboxylic acids is 1. The maximum Gasteiger partial charge on any atom is 0.410 e. The Balaban J connectivity index is 0.000000370. The molecule has 2 aromatic carbocycles. The van der Waals surface area contributed by atoms with Crippen molar-refractivity contribution in [2.24, 2.45) is 0 Å². The van der Waals surface area contributed by atoms with Crippen molar-refractivity contribution >= 4 is 58.6 Å². The zero-order chi connectivity index (χ0) is 48.9. The second-order valence-electron chi connectivity index (χ2n) is 17.6. The van der Waals surface area contributed by atoms with Crippen molar-refractivity contribution in [2.45, 2.75) is 115 Å². The number of anilines is 2. The van der Waals surface area contributed by atoms with Gasteiger partial charge in [-0.05, 0) is 116 Å². The van der Waals surface area contributed by atoms with E-state index in [1.54, 1.807) is 32.9 Å². The fourth-order valence-electron chi connectivity index (χ4n) is 6.80. The minimum absolute atomic E-state index is 0.179. The minimum atomic E-state index is -1.03. The highest BCUT2D eigenvalue weighted by Crippen LogP contribution is 2.24. The van der Waals surface area contributed by atoms with Gasteiger partial charge in [0.05, 0.1) is 0 Å². The lowest BCUT2D eigenvalue weighted by Gasteiger charge is -2.40. The molecule has 0 saturated carbocycles. The molecule has 0 aliphatic carbocycles. The third kappa shape index (κ3) is 21.6. The maximum atomic E-state index is 13.8. The number of hydrogen-bond donors (Lipinski definition) is 4. The first kappa shape index (κ1) is 56.0. The number of ether oxygens (including phenoxy) is 2. The highest BCUT2D eigenvalue weighted by atomic mass is 35.5. The fourth-order valence-corrected chi connectivity index (χ4v) is 7.24. The molecule has 2 heterocycles. The number of amides is 3. The molecule has 65 heavy (non-hydrogen) atoms. The van der Waals surface area contributed by atoms with Crippen molar-refractivity contribution in [2.75, 3.05) is 49.9 Å². The molecule has 4 N–H and O–H groups in total. The van der Waals surface area contributed by atoms with Crippen LogP contribution in [0.5, 0.6) is 0 Å². The molecule has 0 radical (unpaired) electrons. The summed E-state index contributed by atoms with van der Waals surface area (Å²) in [5.74, 6) is -2.22. The molecule has 2 aliphatic heterocycles. The lowest BCUT2D eigenvalue weighted by Crippen LogP contribution is -2.55. The van der Waals surface area contributed by atoms with Gasteiger partial charge in [0.25, 0.3) is 0 Å². The number of carbonyl (C=O) groups excluding carboxylic acids is 3. The van der Waals surface area contributed by atoms with E-state index in [4.69, 9.17) is 37.8 Å². The normalized spacial score (nSPS) is 17.0. The topological polar surface area (TPSA) is 153 Å². The quantitative estimate of drug-likeness (QED) is 0.120. The SMILES string of the molecule is C=CCN[C@@H]1CCCN(C(=O)OC(C)(C)C)C1.C=CC[C@@H](Nc1cc(F)cc(Cl)c1)C(=O)N(CC=C)[C@@H]1CCCN(C(=O)OC(C)(C)C)C1.C=CC[C@@H](Nc1cc(F)cc(Cl)c1)C(=O)O. The van der Waals surface area contributed by atoms with Crippen LogP contribution >= 0.6 is 23.2 Å². The summed E-state index contributed by atoms with van der Waals surface area (Å²) in [5, 5.41) is 18.4. The Labute approximate surface area is 393 Å². The molecule has 0 bridgehead atoms. The Morgan fingerprint density at radius 2 is 1.23 bits per heavy atom. The highest BCUT2D eigenvalue weighted by Gasteiger charge is 2.35. The van der Waals surface area contributed by atoms with Gasteiger partial charge >= 0.3 is 18.2 Å². The number of benzene rings is 2. The van der Waals surface area contributed by atoms with Gasteiger partial charge in [-0.15, -0.1) is 26.3 Å². The summed E-state index contributed by atoms with van der Waals surface area (Å²) in [7, 11) is 0. The van der Waals surface area contributed by atoms with E-state index in [9.17, 15) is 28.0 Å². The van der Waals surface area contributed by atoms with Crippen LogP contribution in [0.25, 0.3) is 0 Å². The molecule has 17 heteroatoms. The largest absolute Gasteiger partial charge is 0.480 e. The molecule has 360 valence electrons. The molecular weight excluding hydrogens is 881 g/mol. The van der Waals surface area contributed by atoms with Crippen LogP contribution in [0.1, 0.15) is 80.1 Å². The number of hydrogen-bond acceptors (Lipinski definition) is 9. The smallest absolute Gasteiger partial charge is 0.410 e. The van der Waals surface area contributed by atoms with E-state index in [1.807, 2.05) is 47.6 Å². The van der Waals surface area contributed by atoms with Gasteiger partial charge in [0.1, 0.15) is 34.9 Å². The van der Waals surface area contributed by atoms with Gasteiger partial charge in [-0.2, -0.15) is 0 Å². The third-order valence-corrected chi connectivity index (χ3v) is 9.97. The number of carboxylic acid groups (broad SMARTS) is 1. The molecular formula is C48H68Cl2F2N6O7. The molecule has 2 saturated heterocycles. The number of carboxylic acids is 1. The summed E-state index contributed by atoms with van der Waals surface area (Å²) >= 11 is 11.6. The first-order valence-electron chi connectivity index (χ1n) is 21.6. The summed E-state index contributed by atoms with van der Waals surface area (Å²) in [6, 6.07) is 6.52. The minimum Gasteiger partial charge on any atom is -0.480 e. The zero-order valence-corrected chi connectivity index (χ0v) is 40.2. The third-order valence-electron chi connectivity index (χ3n) is 9.53. The van der Waals surface area contributed by atoms with Crippen molar-refractivity contribution in [3.8, 4) is 0 Å². The Bertz CT molecular complexity index is 1880. The van der Waals surface area contributed by atoms with Crippen LogP contribution < -0.4 is 16.0 Å². The number of carbonyl (C=O) groups is 4. The standard InChI is InChI=1S/C24H33ClFN3O3.C13H24N2O2.C11H11ClFNO2/c1-6-9-21(27-19-14-17(25)13-18(26)15-19)22(30)29(11-7-2)20-10-8-12-28(16-20)23(31)32-24(3,4)5;1-5-8-14-11-7-6-9-15(10-11)12(16)17-13(2,3)4;1-2-3-10(11(15)16)14-9-5-7(12)4-8(13)6-9/h6-7,13-15,20-21,27H,1-2,8-12,16H2,3-5H3;5,11,14H,1,6-10H2,2-4H3;2,4-6,10,14H,1,3H2,(H,15,16)/t20-,21-;11-;10-/m111/s1. The van der Waals surface area contributed by atoms with Crippen LogP contribution in [0.15, 0.2) is 87.0 Å². The lowest BCUT2D eigenvalue weighted by molar-refractivity contribution is -0.138. The van der Waals surface area contributed by atoms with Crippen molar-refractivity contribution in [1.82, 2.24) is 20.0 Å². The number of nitrogens with zero attached hydrogens (tertiary/aromatic N) is 3. The van der Waals surface area contributed by atoms with E-state index in [1.165, 1.54) is 30.3 Å². The van der Waals surface area contributed by atoms with Crippen molar-refractivity contribution < 1.29 is 42.5 Å². The predicted molar refractivity (Wildman–Crippen MR) is 257 cm³/mol. The first-order valence-corrected chi connectivity index (χ1v) is 22.4. The zero-order valence-electron chi connectivity index (χ0n) is 38.6. The molecule has 2 fully saturated rings. The first-order chi connectivity index (χ1) is 30.5. The predicted octanol–water partition coefficient (Wildman–Crippen LogP) is 10.3. The van der Waals surface area contributed by atoms with Gasteiger partial charge in [0.15, 0.2) is 0 Å². The molecule has 0 aromatic heterocycles. The van der Waals surface area contributed by atoms with Gasteiger partial charge in [-0.1, -0.05) is 47.5 Å². The molecule has 13 nitrogen and oxygen atoms in total. The number of piperidine rings is 2. The highest BCUT2D eigenvalue weighted by molar-refractivity contribution is 6.31. The molecule has 0 unspecified atom stereocenters. The van der Waals surface area contributed by atoms with Gasteiger partial charge in [-0.25, -0.2) is 23.2 Å². The van der Waals surface area contributed by atoms with Gasteiger partial charge < -0.3 is 45.2 Å². The molecule has 4 atom stereocenters. The van der Waals surface area contributed by atoms with Crippen LogP contribution in [0.3, 0.4) is 0 Å². The van der Waals surface area contributed by atoms with E-state index in [0.29, 0.717) is 43.5 Å². The van der Waals surface area contributed by atoms with E-state index in [0.717, 1.165) is 51.4 Å². The summed E-state index contributed by atoms with van der Waals surface area (Å²) in [5.41, 5.74) is -0.267. The Morgan fingerprint density at radius 1 is 0.754 bits per heavy atom. The van der Waals surface area contributed by atoms with Crippen LogP contribution in [-0.4, -0.2) is 119 Å². The second-order valence-corrected chi connectivity index (χ2v) is 18.4. The summed E-state index contributed by atoms with van der Waals surface area (Å²) in [6.45, 7) is 29.4. The van der Waals surface area contributed by atoms with E-state index >= 15 is 0 Å². The number of rotatable bonds is 16. The lowest BCUT2D eigenvalue weighted by atomic mass is 10.0. The monoisotopic (exact) mass is 948 g/mol. The number of likely N-dealkylation sites (tertiary alicyclic amines) is 2. The van der Waals surface area contributed by atoms with Crippen molar-refractivity contribution in [3.05, 3.63) is 109 Å². The van der Waals surface area contributed by atoms with Crippen LogP contribution in [0.4, 0.5) is 29.7 Å². The van der Waals surface area contributed by atoms with Gasteiger partial charge in [0.2, 0.25) is 5.91 Å². The number of nitrogens with one attached hydrogen (secondary N) is 3. The molecule has 4 rings (SSSR count). The average Bonchev–Trinajstić information content (AvgIpc) is 3.20. The summed E-state index contributed by atoms with van der Waals surface area (Å²) in [4.78, 5) is 53.9. The average molecular weight is 950 g/mol. The molecule has 2 aromatic rings. The van der Waals surface area contributed by atoms with Crippen LogP contribution in [0, 0.1) is 11.6 Å². The van der Waals surface area contributed by atoms with Crippen LogP contribution in [0.2, 0.25) is 10.0 Å². The molecule has 0 spiro atoms. The van der Waals surface area contributed by atoms with Gasteiger partial charge in [0, 0.05) is 72.8 Å². The van der Waals surface area contributed by atoms with E-state index in [2.05, 4.69) is 42.3 Å². The summed E-state index contributed by atoms with van der Waals surface area (Å²) in [6.07, 6.45) is 10.2. The van der Waals surface area contributed by atoms with Crippen molar-refractivity contribution in [1.29, 1.82) is 0 Å². The van der Waals surface area contributed by atoms with Gasteiger partial charge in [-0.3, -0.25) is 4.79 Å². The molecule has 3 amide bonds. The molecule has 2 aliphatic rings. The van der Waals surface area contributed by atoms with Crippen LogP contribution in [-0.2, 0) is 19.1 Å². The maximum absolute atomic E-state index is 13.8. The number of halogens is 4. The summed E-state index contributed by atoms with van der Waals surface area (Å²) < 4.78 is 37.6. The van der Waals surface area contributed by atoms with E-state index < -0.39 is 40.9 Å². The Hall–Kier alpha value is -5.12. The fraction of sp³-hybridized carbons (Fsp3) is 0.500. The van der Waals surface area contributed by atoms with E-state index in [-0.39, 0.29) is 40.6 Å². The Morgan fingerprint density at radius 3 is 1.68 bits per heavy atom. The second kappa shape index (κ2) is 27.4. The Kier molecular flexibility index (Phi) is 23.6. The van der Waals surface area contributed by atoms with Crippen molar-refractivity contribution in [3.63, 3.8) is 0 Å².